The molecule has 1 nitrogen and oxygen atoms in total. The van der Waals surface area contributed by atoms with E-state index in [0.29, 0.717) is 0 Å². The molecule has 2 aromatic rings. The summed E-state index contributed by atoms with van der Waals surface area (Å²) in [6.45, 7) is 3.47. The van der Waals surface area contributed by atoms with Gasteiger partial charge in [-0.2, -0.15) is 0 Å². The summed E-state index contributed by atoms with van der Waals surface area (Å²) in [6, 6.07) is 16.5. The maximum Gasteiger partial charge on any atom is 0.216 e. The van der Waals surface area contributed by atoms with Gasteiger partial charge in [0, 0.05) is 19.6 Å². The van der Waals surface area contributed by atoms with Crippen LogP contribution in [0.5, 0.6) is 0 Å². The van der Waals surface area contributed by atoms with Crippen LogP contribution in [0.3, 0.4) is 0 Å². The van der Waals surface area contributed by atoms with Crippen molar-refractivity contribution in [2.24, 2.45) is 0 Å². The number of benzene rings is 2. The summed E-state index contributed by atoms with van der Waals surface area (Å²) in [6.07, 6.45) is 3.41. The minimum absolute atomic E-state index is 0.0296. The molecule has 0 aliphatic heterocycles. The summed E-state index contributed by atoms with van der Waals surface area (Å²) < 4.78 is 0. The molecule has 0 aliphatic carbocycles. The van der Waals surface area contributed by atoms with Gasteiger partial charge in [0.15, 0.2) is 0 Å². The van der Waals surface area contributed by atoms with E-state index in [2.05, 4.69) is 37.1 Å². The van der Waals surface area contributed by atoms with Crippen LogP contribution in [0.15, 0.2) is 80.8 Å². The summed E-state index contributed by atoms with van der Waals surface area (Å²) in [5.74, 6) is 0. The molecule has 0 fully saturated rings. The molecular formula is C16H14OS3. The van der Waals surface area contributed by atoms with Crippen LogP contribution in [-0.4, -0.2) is 11.4 Å². The summed E-state index contributed by atoms with van der Waals surface area (Å²) in [5, 5.41) is -0.0296. The Labute approximate surface area is 132 Å². The van der Waals surface area contributed by atoms with E-state index in [0.717, 1.165) is 9.79 Å². The van der Waals surface area contributed by atoms with Crippen molar-refractivity contribution in [2.45, 2.75) is 19.6 Å². The van der Waals surface area contributed by atoms with Crippen LogP contribution < -0.4 is 0 Å². The number of hydrogen-bond donors (Lipinski definition) is 0. The molecule has 0 heterocycles. The average molecular weight is 318 g/mol. The lowest BCUT2D eigenvalue weighted by Crippen LogP contribution is -1.83. The average Bonchev–Trinajstić information content (AvgIpc) is 2.50. The van der Waals surface area contributed by atoms with Crippen molar-refractivity contribution < 1.29 is 4.79 Å². The molecule has 0 atom stereocenters. The summed E-state index contributed by atoms with van der Waals surface area (Å²) in [4.78, 5) is 15.8. The fourth-order valence-electron chi connectivity index (χ4n) is 1.51. The Hall–Kier alpha value is -1.10. The molecule has 0 N–H and O–H groups in total. The van der Waals surface area contributed by atoms with Crippen LogP contribution in [0.4, 0.5) is 0 Å². The Morgan fingerprint density at radius 2 is 1.35 bits per heavy atom. The van der Waals surface area contributed by atoms with Gasteiger partial charge in [-0.05, 0) is 72.6 Å². The molecule has 0 bridgehead atoms. The number of rotatable bonds is 5. The zero-order valence-corrected chi connectivity index (χ0v) is 13.5. The predicted octanol–water partition coefficient (Wildman–Crippen LogP) is 5.36. The first kappa shape index (κ1) is 15.3. The topological polar surface area (TPSA) is 17.1 Å². The van der Waals surface area contributed by atoms with Gasteiger partial charge >= 0.3 is 0 Å². The van der Waals surface area contributed by atoms with Gasteiger partial charge in [0.2, 0.25) is 5.12 Å². The summed E-state index contributed by atoms with van der Waals surface area (Å²) >= 11 is 4.65. The van der Waals surface area contributed by atoms with Gasteiger partial charge in [-0.15, -0.1) is 11.8 Å². The maximum absolute atomic E-state index is 11.3. The van der Waals surface area contributed by atoms with Crippen molar-refractivity contribution in [1.29, 1.82) is 0 Å². The molecule has 2 aromatic carbocycles. The minimum atomic E-state index is -0.0296. The monoisotopic (exact) mass is 318 g/mol. The van der Waals surface area contributed by atoms with E-state index < -0.39 is 0 Å². The van der Waals surface area contributed by atoms with Gasteiger partial charge in [-0.3, -0.25) is 4.79 Å². The van der Waals surface area contributed by atoms with E-state index in [1.165, 1.54) is 27.6 Å². The third kappa shape index (κ3) is 4.47. The molecule has 0 spiro atoms. The van der Waals surface area contributed by atoms with E-state index in [1.54, 1.807) is 23.5 Å². The van der Waals surface area contributed by atoms with E-state index in [4.69, 9.17) is 0 Å². The first-order valence-corrected chi connectivity index (χ1v) is 8.83. The molecule has 0 amide bonds. The highest BCUT2D eigenvalue weighted by Crippen LogP contribution is 2.30. The lowest BCUT2D eigenvalue weighted by atomic mass is 10.4. The van der Waals surface area contributed by atoms with Crippen molar-refractivity contribution in [1.82, 2.24) is 0 Å². The minimum Gasteiger partial charge on any atom is -0.282 e. The molecular weight excluding hydrogens is 304 g/mol. The molecule has 0 radical (unpaired) electrons. The number of carbonyl (C=O) groups is 1. The molecule has 102 valence electrons. The highest BCUT2D eigenvalue weighted by Gasteiger charge is 2.02. The van der Waals surface area contributed by atoms with Crippen LogP contribution >= 0.6 is 35.3 Å². The van der Waals surface area contributed by atoms with Crippen molar-refractivity contribution in [3.8, 4) is 0 Å². The molecule has 2 rings (SSSR count). The van der Waals surface area contributed by atoms with Gasteiger partial charge in [0.05, 0.1) is 0 Å². The highest BCUT2D eigenvalue weighted by molar-refractivity contribution is 8.14. The second kappa shape index (κ2) is 7.62. The lowest BCUT2D eigenvalue weighted by Gasteiger charge is -2.04. The van der Waals surface area contributed by atoms with Crippen LogP contribution in [0.2, 0.25) is 0 Å². The smallest absolute Gasteiger partial charge is 0.216 e. The van der Waals surface area contributed by atoms with Crippen LogP contribution in [0.1, 0.15) is 0 Å². The third-order valence-corrected chi connectivity index (χ3v) is 5.14. The van der Waals surface area contributed by atoms with Crippen molar-refractivity contribution in [3.05, 3.63) is 61.2 Å². The Balaban J connectivity index is 2.02. The Bertz CT molecular complexity index is 588. The van der Waals surface area contributed by atoms with E-state index in [9.17, 15) is 4.79 Å². The van der Waals surface area contributed by atoms with Crippen LogP contribution in [0, 0.1) is 0 Å². The normalized spacial score (nSPS) is 10.2. The first-order valence-electron chi connectivity index (χ1n) is 5.97. The second-order valence-corrected chi connectivity index (χ2v) is 6.98. The molecule has 0 unspecified atom stereocenters. The Morgan fingerprint density at radius 1 is 0.900 bits per heavy atom. The van der Waals surface area contributed by atoms with Gasteiger partial charge < -0.3 is 0 Å². The third-order valence-electron chi connectivity index (χ3n) is 2.50. The first-order chi connectivity index (χ1) is 9.71. The van der Waals surface area contributed by atoms with Crippen molar-refractivity contribution in [2.75, 3.05) is 6.26 Å². The van der Waals surface area contributed by atoms with E-state index in [1.807, 2.05) is 24.3 Å². The molecule has 0 saturated heterocycles. The number of carbonyl (C=O) groups excluding carboxylic acids is 1. The van der Waals surface area contributed by atoms with Gasteiger partial charge in [0.1, 0.15) is 0 Å². The molecule has 0 aliphatic rings. The second-order valence-electron chi connectivity index (χ2n) is 3.87. The number of thioether (sulfide) groups is 2. The van der Waals surface area contributed by atoms with Gasteiger partial charge in [0.25, 0.3) is 0 Å². The predicted molar refractivity (Wildman–Crippen MR) is 89.8 cm³/mol. The van der Waals surface area contributed by atoms with E-state index >= 15 is 0 Å². The highest BCUT2D eigenvalue weighted by atomic mass is 32.2. The van der Waals surface area contributed by atoms with Crippen molar-refractivity contribution in [3.63, 3.8) is 0 Å². The quantitative estimate of drug-likeness (QED) is 0.544. The van der Waals surface area contributed by atoms with Gasteiger partial charge in [-0.25, -0.2) is 0 Å². The van der Waals surface area contributed by atoms with Gasteiger partial charge in [-0.1, -0.05) is 18.3 Å². The zero-order valence-electron chi connectivity index (χ0n) is 11.0. The number of hydrogen-bond acceptors (Lipinski definition) is 4. The SMILES string of the molecule is C=CC(=O)Sc1ccc(Sc2ccc(SC)cc2)cc1. The van der Waals surface area contributed by atoms with E-state index in [-0.39, 0.29) is 5.12 Å². The lowest BCUT2D eigenvalue weighted by molar-refractivity contribution is -0.107. The molecule has 4 heteroatoms. The summed E-state index contributed by atoms with van der Waals surface area (Å²) in [5.41, 5.74) is 0. The van der Waals surface area contributed by atoms with Crippen LogP contribution in [0.25, 0.3) is 0 Å². The summed E-state index contributed by atoms with van der Waals surface area (Å²) in [7, 11) is 0. The molecule has 20 heavy (non-hydrogen) atoms. The fraction of sp³-hybridized carbons (Fsp3) is 0.0625. The molecule has 0 saturated carbocycles. The standard InChI is InChI=1S/C16H14OS3/c1-3-16(17)20-15-10-8-14(9-11-15)19-13-6-4-12(18-2)5-7-13/h3-11H,1H2,2H3. The molecule has 0 aromatic heterocycles. The van der Waals surface area contributed by atoms with Crippen molar-refractivity contribution >= 4 is 40.4 Å². The zero-order chi connectivity index (χ0) is 14.4. The Kier molecular flexibility index (Phi) is 5.83. The fourth-order valence-corrected chi connectivity index (χ4v) is 3.33. The Morgan fingerprint density at radius 3 is 1.80 bits per heavy atom. The largest absolute Gasteiger partial charge is 0.282 e. The van der Waals surface area contributed by atoms with Crippen LogP contribution in [-0.2, 0) is 4.79 Å². The maximum atomic E-state index is 11.3.